The first-order valence-corrected chi connectivity index (χ1v) is 15.3. The van der Waals surface area contributed by atoms with E-state index in [0.717, 1.165) is 13.0 Å². The van der Waals surface area contributed by atoms with Crippen LogP contribution >= 0.6 is 11.6 Å². The summed E-state index contributed by atoms with van der Waals surface area (Å²) in [5, 5.41) is 1.06. The topological polar surface area (TPSA) is 79.1 Å². The van der Waals surface area contributed by atoms with Crippen LogP contribution in [0.2, 0.25) is 5.02 Å². The van der Waals surface area contributed by atoms with Crippen LogP contribution in [-0.2, 0) is 4.79 Å². The molecule has 2 saturated heterocycles. The van der Waals surface area contributed by atoms with Gasteiger partial charge in [-0.1, -0.05) is 42.4 Å². The molecule has 4 aromatic rings. The number of amides is 1. The Morgan fingerprint density at radius 3 is 2.67 bits per heavy atom. The predicted octanol–water partition coefficient (Wildman–Crippen LogP) is 6.06. The molecule has 9 nitrogen and oxygen atoms in total. The number of piperazine rings is 1. The first-order valence-electron chi connectivity index (χ1n) is 14.9. The molecular formula is C33H31ClF3N7O2. The van der Waals surface area contributed by atoms with Crippen LogP contribution < -0.4 is 9.64 Å². The number of benzene rings is 2. The molecule has 0 radical (unpaired) electrons. The third kappa shape index (κ3) is 5.69. The molecule has 6 rings (SSSR count). The van der Waals surface area contributed by atoms with E-state index in [2.05, 4.69) is 45.1 Å². The van der Waals surface area contributed by atoms with Crippen LogP contribution in [0, 0.1) is 18.2 Å². The Morgan fingerprint density at radius 2 is 1.98 bits per heavy atom. The number of fused-ring (bicyclic) bond motifs is 2. The maximum Gasteiger partial charge on any atom is 0.319 e. The van der Waals surface area contributed by atoms with Crippen LogP contribution in [0.1, 0.15) is 20.3 Å². The lowest BCUT2D eigenvalue weighted by atomic mass is 10.0. The molecule has 238 valence electrons. The normalized spacial score (nSPS) is 18.6. The molecule has 0 N–H and O–H groups in total. The maximum absolute atomic E-state index is 16.6. The number of hydrogen-bond donors (Lipinski definition) is 0. The minimum Gasteiger partial charge on any atom is -0.462 e. The van der Waals surface area contributed by atoms with Gasteiger partial charge in [-0.05, 0) is 31.7 Å². The van der Waals surface area contributed by atoms with Gasteiger partial charge in [-0.15, -0.1) is 0 Å². The van der Waals surface area contributed by atoms with Gasteiger partial charge in [-0.3, -0.25) is 14.7 Å². The second kappa shape index (κ2) is 12.7. The van der Waals surface area contributed by atoms with Gasteiger partial charge in [0.2, 0.25) is 6.54 Å². The third-order valence-electron chi connectivity index (χ3n) is 8.67. The van der Waals surface area contributed by atoms with Gasteiger partial charge in [-0.25, -0.2) is 19.7 Å². The second-order valence-electron chi connectivity index (χ2n) is 11.7. The SMILES string of the molecule is [C-]#[N+]C[C@H]1CN(c2nc(OCC3CCN3C(C)C)nc3c(F)c(-c4cccc5ccc(F)c(Cl)c45)ncc23)CCN1C(=O)C(=C)F. The first kappa shape index (κ1) is 31.5. The Kier molecular flexibility index (Phi) is 8.72. The Morgan fingerprint density at radius 1 is 1.17 bits per heavy atom. The minimum absolute atomic E-state index is 0.0477. The number of hydrogen-bond acceptors (Lipinski definition) is 7. The average molecular weight is 650 g/mol. The Labute approximate surface area is 269 Å². The van der Waals surface area contributed by atoms with E-state index in [1.54, 1.807) is 29.2 Å². The number of likely N-dealkylation sites (tertiary alicyclic amines) is 1. The average Bonchev–Trinajstić information content (AvgIpc) is 3.01. The van der Waals surface area contributed by atoms with E-state index < -0.39 is 29.4 Å². The molecule has 46 heavy (non-hydrogen) atoms. The Hall–Kier alpha value is -4.47. The van der Waals surface area contributed by atoms with Gasteiger partial charge in [0.15, 0.2) is 11.6 Å². The summed E-state index contributed by atoms with van der Waals surface area (Å²) in [5.74, 6) is -3.09. The molecule has 2 aromatic heterocycles. The maximum atomic E-state index is 16.6. The molecule has 2 aliphatic rings. The van der Waals surface area contributed by atoms with Crippen molar-refractivity contribution in [2.45, 2.75) is 38.4 Å². The highest BCUT2D eigenvalue weighted by Gasteiger charge is 2.36. The van der Waals surface area contributed by atoms with Crippen LogP contribution in [-0.4, -0.2) is 88.1 Å². The van der Waals surface area contributed by atoms with Crippen molar-refractivity contribution in [2.75, 3.05) is 44.2 Å². The fourth-order valence-corrected chi connectivity index (χ4v) is 6.52. The quantitative estimate of drug-likeness (QED) is 0.170. The highest BCUT2D eigenvalue weighted by Crippen LogP contribution is 2.38. The van der Waals surface area contributed by atoms with E-state index in [4.69, 9.17) is 22.9 Å². The van der Waals surface area contributed by atoms with Crippen LogP contribution in [0.3, 0.4) is 0 Å². The van der Waals surface area contributed by atoms with Crippen molar-refractivity contribution < 1.29 is 22.7 Å². The molecule has 4 heterocycles. The van der Waals surface area contributed by atoms with Gasteiger partial charge >= 0.3 is 6.01 Å². The van der Waals surface area contributed by atoms with E-state index in [-0.39, 0.29) is 59.9 Å². The van der Waals surface area contributed by atoms with Crippen molar-refractivity contribution in [3.63, 3.8) is 0 Å². The lowest BCUT2D eigenvalue weighted by Gasteiger charge is -2.43. The largest absolute Gasteiger partial charge is 0.462 e. The molecule has 2 aromatic carbocycles. The smallest absolute Gasteiger partial charge is 0.319 e. The number of carbonyl (C=O) groups is 1. The third-order valence-corrected chi connectivity index (χ3v) is 9.04. The lowest BCUT2D eigenvalue weighted by Crippen LogP contribution is -2.56. The van der Waals surface area contributed by atoms with Crippen molar-refractivity contribution in [1.82, 2.24) is 24.8 Å². The number of aromatic nitrogens is 3. The molecule has 0 saturated carbocycles. The fourth-order valence-electron chi connectivity index (χ4n) is 6.24. The highest BCUT2D eigenvalue weighted by atomic mass is 35.5. The van der Waals surface area contributed by atoms with E-state index in [1.807, 2.05) is 0 Å². The summed E-state index contributed by atoms with van der Waals surface area (Å²) in [5.41, 5.74) is 0.150. The molecule has 0 bridgehead atoms. The summed E-state index contributed by atoms with van der Waals surface area (Å²) in [6.45, 7) is 16.3. The number of ether oxygens (including phenoxy) is 1. The summed E-state index contributed by atoms with van der Waals surface area (Å²) in [4.78, 5) is 34.9. The van der Waals surface area contributed by atoms with Gasteiger partial charge in [0, 0.05) is 55.4 Å². The van der Waals surface area contributed by atoms with E-state index >= 15 is 4.39 Å². The zero-order valence-electron chi connectivity index (χ0n) is 25.3. The monoisotopic (exact) mass is 649 g/mol. The van der Waals surface area contributed by atoms with E-state index in [9.17, 15) is 13.6 Å². The van der Waals surface area contributed by atoms with Crippen LogP contribution in [0.4, 0.5) is 19.0 Å². The fraction of sp³-hybridized carbons (Fsp3) is 0.364. The number of rotatable bonds is 8. The minimum atomic E-state index is -1.11. The zero-order valence-corrected chi connectivity index (χ0v) is 26.1. The van der Waals surface area contributed by atoms with Crippen molar-refractivity contribution in [2.24, 2.45) is 0 Å². The molecule has 1 amide bonds. The summed E-state index contributed by atoms with van der Waals surface area (Å²) in [6.07, 6.45) is 2.38. The van der Waals surface area contributed by atoms with Gasteiger partial charge in [-0.2, -0.15) is 9.97 Å². The predicted molar refractivity (Wildman–Crippen MR) is 170 cm³/mol. The van der Waals surface area contributed by atoms with Crippen LogP contribution in [0.25, 0.3) is 37.8 Å². The standard InChI is InChI=1S/C33H31ClF3N7O2/c1-18(2)43-11-10-21(43)17-46-33-40-30-24(31(41-33)42-12-13-44(32(45)19(3)35)22(16-42)14-38-4)15-39-29(28(30)37)23-7-5-6-20-8-9-25(36)27(34)26(20)23/h5-9,15,18,21-22H,3,10-14,16-17H2,1-2H3/t21?,22-/m0/s1. The number of nitrogens with zero attached hydrogens (tertiary/aromatic N) is 7. The van der Waals surface area contributed by atoms with Crippen LogP contribution in [0.5, 0.6) is 6.01 Å². The molecule has 13 heteroatoms. The summed E-state index contributed by atoms with van der Waals surface area (Å²) in [7, 11) is 0. The lowest BCUT2D eigenvalue weighted by molar-refractivity contribution is -0.131. The van der Waals surface area contributed by atoms with Gasteiger partial charge in [0.1, 0.15) is 35.5 Å². The van der Waals surface area contributed by atoms with Crippen molar-refractivity contribution in [1.29, 1.82) is 0 Å². The Balaban J connectivity index is 1.45. The number of pyridine rings is 1. The summed E-state index contributed by atoms with van der Waals surface area (Å²) >= 11 is 6.36. The highest BCUT2D eigenvalue weighted by molar-refractivity contribution is 6.36. The molecule has 2 aliphatic heterocycles. The van der Waals surface area contributed by atoms with E-state index in [1.165, 1.54) is 17.2 Å². The van der Waals surface area contributed by atoms with Crippen molar-refractivity contribution in [3.8, 4) is 17.3 Å². The number of halogens is 4. The first-order chi connectivity index (χ1) is 22.1. The van der Waals surface area contributed by atoms with Gasteiger partial charge < -0.3 is 19.4 Å². The van der Waals surface area contributed by atoms with Crippen molar-refractivity contribution in [3.05, 3.63) is 77.0 Å². The Bertz CT molecular complexity index is 1900. The molecule has 0 aliphatic carbocycles. The van der Waals surface area contributed by atoms with E-state index in [0.29, 0.717) is 34.8 Å². The molecule has 2 atom stereocenters. The van der Waals surface area contributed by atoms with Crippen molar-refractivity contribution >= 4 is 45.0 Å². The molecule has 0 spiro atoms. The number of anilines is 1. The van der Waals surface area contributed by atoms with Gasteiger partial charge in [0.05, 0.1) is 10.4 Å². The zero-order chi connectivity index (χ0) is 32.7. The summed E-state index contributed by atoms with van der Waals surface area (Å²) < 4.78 is 51.0. The molecular weight excluding hydrogens is 619 g/mol. The molecule has 1 unspecified atom stereocenters. The van der Waals surface area contributed by atoms with Crippen LogP contribution in [0.15, 0.2) is 48.9 Å². The second-order valence-corrected chi connectivity index (χ2v) is 12.1. The summed E-state index contributed by atoms with van der Waals surface area (Å²) in [6, 6.07) is 7.66. The molecule has 2 fully saturated rings. The number of carbonyl (C=O) groups excluding carboxylic acids is 1. The van der Waals surface area contributed by atoms with Gasteiger partial charge in [0.25, 0.3) is 5.91 Å².